The van der Waals surface area contributed by atoms with Gasteiger partial charge in [0.25, 0.3) is 0 Å². The lowest BCUT2D eigenvalue weighted by molar-refractivity contribution is 0.0685. The monoisotopic (exact) mass is 1390 g/mol. The molecule has 0 aromatic heterocycles. The molecule has 5 aromatic carbocycles. The summed E-state index contributed by atoms with van der Waals surface area (Å²) in [5.74, 6) is 22.7. The highest BCUT2D eigenvalue weighted by Gasteiger charge is 2.14. The molecule has 0 amide bonds. The molecule has 0 unspecified atom stereocenters. The van der Waals surface area contributed by atoms with Gasteiger partial charge in [0, 0.05) is 44.5 Å². The van der Waals surface area contributed by atoms with Crippen LogP contribution in [0.5, 0.6) is 23.0 Å². The van der Waals surface area contributed by atoms with Gasteiger partial charge in [-0.3, -0.25) is 0 Å². The molecule has 0 atom stereocenters. The molecule has 0 saturated carbocycles. The van der Waals surface area contributed by atoms with E-state index >= 15 is 0 Å². The van der Waals surface area contributed by atoms with Crippen LogP contribution in [0.3, 0.4) is 0 Å². The second-order valence-electron chi connectivity index (χ2n) is 27.3. The fourth-order valence-electron chi connectivity index (χ4n) is 12.2. The molecule has 0 radical (unpaired) electrons. The highest BCUT2D eigenvalue weighted by Crippen LogP contribution is 2.26. The smallest absolute Gasteiger partial charge is 0.335 e. The quantitative estimate of drug-likeness (QED) is 0.0214. The molecule has 550 valence electrons. The van der Waals surface area contributed by atoms with Gasteiger partial charge in [0.15, 0.2) is 0 Å². The third-order valence-corrected chi connectivity index (χ3v) is 18.2. The Labute approximate surface area is 612 Å². The van der Waals surface area contributed by atoms with Crippen molar-refractivity contribution in [3.05, 3.63) is 152 Å². The van der Waals surface area contributed by atoms with Crippen molar-refractivity contribution >= 4 is 23.9 Å². The van der Waals surface area contributed by atoms with Crippen molar-refractivity contribution < 1.29 is 58.6 Å². The zero-order chi connectivity index (χ0) is 73.0. The second-order valence-corrected chi connectivity index (χ2v) is 27.3. The summed E-state index contributed by atoms with van der Waals surface area (Å²) in [6.07, 6.45) is 46.4. The Morgan fingerprint density at radius 2 is 0.392 bits per heavy atom. The lowest BCUT2D eigenvalue weighted by atomic mass is 9.97. The highest BCUT2D eigenvalue weighted by molar-refractivity contribution is 5.90. The number of carbonyl (C=O) groups is 4. The van der Waals surface area contributed by atoms with Crippen LogP contribution in [0, 0.1) is 47.4 Å². The first kappa shape index (κ1) is 84.1. The first-order valence-corrected chi connectivity index (χ1v) is 39.1. The van der Waals surface area contributed by atoms with Gasteiger partial charge in [-0.2, -0.15) is 0 Å². The van der Waals surface area contributed by atoms with Crippen LogP contribution in [0.4, 0.5) is 0 Å². The standard InChI is InChI=1S/C90H118O12/c1-5-9-13-17-21-25-29-33-37-41-53-99-83-61-71(57-79(67-83)87(91)92)45-49-75-65-77(51-47-73-59-81(89(95)96)69-85(63-73)101-55-43-39-35-31-27-23-19-15-11-7-3)78(52-48-74-60-82(90(97)98)70-86(64-74)102-56-44-40-36-32-28-24-20-16-12-8-4)66-76(75)50-46-72-58-80(88(93)94)68-84(62-72)100-54-42-38-34-30-26-22-18-14-10-6-2/h57-70H,5-44,53-56H2,1-4H3,(H,91,92)(H,93,94)(H,95,96)(H,97,98). The van der Waals surface area contributed by atoms with Crippen LogP contribution in [0.1, 0.15) is 370 Å². The molecule has 0 fully saturated rings. The molecule has 0 aliphatic carbocycles. The number of benzene rings is 5. The Morgan fingerprint density at radius 3 is 0.559 bits per heavy atom. The maximum Gasteiger partial charge on any atom is 0.335 e. The van der Waals surface area contributed by atoms with Gasteiger partial charge in [-0.1, -0.05) is 306 Å². The molecule has 0 heterocycles. The summed E-state index contributed by atoms with van der Waals surface area (Å²) < 4.78 is 24.8. The second kappa shape index (κ2) is 52.4. The van der Waals surface area contributed by atoms with E-state index in [0.717, 1.165) is 77.0 Å². The van der Waals surface area contributed by atoms with E-state index in [-0.39, 0.29) is 22.3 Å². The van der Waals surface area contributed by atoms with E-state index in [4.69, 9.17) is 18.9 Å². The molecule has 4 N–H and O–H groups in total. The number of carboxylic acid groups (broad SMARTS) is 4. The molecule has 5 aromatic rings. The Morgan fingerprint density at radius 1 is 0.225 bits per heavy atom. The number of rotatable bonds is 52. The first-order valence-electron chi connectivity index (χ1n) is 39.1. The SMILES string of the molecule is CCCCCCCCCCCCOc1cc(C#Cc2cc(C#Cc3cc(OCCCCCCCCCCCC)cc(C(=O)O)c3)c(C#Cc3cc(OCCCCCCCCCCCC)cc(C(=O)O)c3)cc2C#Cc2cc(OCCCCCCCCCCCC)cc(C(=O)O)c2)cc(C(=O)O)c1. The number of aromatic carboxylic acids is 4. The maximum atomic E-state index is 12.6. The Balaban J connectivity index is 1.59. The van der Waals surface area contributed by atoms with E-state index in [1.165, 1.54) is 228 Å². The van der Waals surface area contributed by atoms with Gasteiger partial charge in [-0.05, 0) is 111 Å². The molecule has 102 heavy (non-hydrogen) atoms. The lowest BCUT2D eigenvalue weighted by Gasteiger charge is -2.09. The first-order chi connectivity index (χ1) is 49.8. The zero-order valence-corrected chi connectivity index (χ0v) is 62.3. The minimum atomic E-state index is -1.15. The predicted octanol–water partition coefficient (Wildman–Crippen LogP) is 23.3. The minimum Gasteiger partial charge on any atom is -0.494 e. The van der Waals surface area contributed by atoms with Crippen LogP contribution in [0.15, 0.2) is 84.9 Å². The van der Waals surface area contributed by atoms with Gasteiger partial charge in [-0.25, -0.2) is 19.2 Å². The number of unbranched alkanes of at least 4 members (excludes halogenated alkanes) is 36. The Hall–Kier alpha value is -8.58. The van der Waals surface area contributed by atoms with Crippen LogP contribution < -0.4 is 18.9 Å². The number of hydrogen-bond acceptors (Lipinski definition) is 8. The van der Waals surface area contributed by atoms with Crippen LogP contribution in [0.2, 0.25) is 0 Å². The summed E-state index contributed by atoms with van der Waals surface area (Å²) in [5, 5.41) is 41.3. The van der Waals surface area contributed by atoms with E-state index in [2.05, 4.69) is 75.1 Å². The lowest BCUT2D eigenvalue weighted by Crippen LogP contribution is -2.02. The third-order valence-electron chi connectivity index (χ3n) is 18.2. The number of hydrogen-bond donors (Lipinski definition) is 4. The van der Waals surface area contributed by atoms with Gasteiger partial charge >= 0.3 is 23.9 Å². The molecule has 0 bridgehead atoms. The van der Waals surface area contributed by atoms with E-state index < -0.39 is 23.9 Å². The van der Waals surface area contributed by atoms with Crippen molar-refractivity contribution in [2.24, 2.45) is 0 Å². The molecule has 5 rings (SSSR count). The third kappa shape index (κ3) is 36.3. The van der Waals surface area contributed by atoms with Gasteiger partial charge in [0.1, 0.15) is 23.0 Å². The van der Waals surface area contributed by atoms with Crippen molar-refractivity contribution in [3.8, 4) is 70.4 Å². The summed E-state index contributed by atoms with van der Waals surface area (Å²) in [6.45, 7) is 10.5. The average Bonchev–Trinajstić information content (AvgIpc) is 0.815. The minimum absolute atomic E-state index is 0.00340. The van der Waals surface area contributed by atoms with E-state index in [0.29, 0.717) is 93.9 Å². The van der Waals surface area contributed by atoms with Crippen LogP contribution >= 0.6 is 0 Å². The Kier molecular flexibility index (Phi) is 43.2. The largest absolute Gasteiger partial charge is 0.494 e. The zero-order valence-electron chi connectivity index (χ0n) is 62.3. The van der Waals surface area contributed by atoms with Crippen LogP contribution in [0.25, 0.3) is 0 Å². The van der Waals surface area contributed by atoms with Crippen molar-refractivity contribution in [2.75, 3.05) is 26.4 Å². The molecule has 0 aliphatic heterocycles. The molecule has 0 saturated heterocycles. The Bertz CT molecular complexity index is 3120. The number of ether oxygens (including phenoxy) is 4. The van der Waals surface area contributed by atoms with E-state index in [1.54, 1.807) is 36.4 Å². The van der Waals surface area contributed by atoms with Gasteiger partial charge in [0.05, 0.1) is 48.7 Å². The van der Waals surface area contributed by atoms with Crippen molar-refractivity contribution in [2.45, 2.75) is 285 Å². The van der Waals surface area contributed by atoms with E-state index in [9.17, 15) is 39.6 Å². The molecular weight excluding hydrogens is 1270 g/mol. The molecular formula is C90H118O12. The summed E-state index contributed by atoms with van der Waals surface area (Å²) in [4.78, 5) is 50.6. The van der Waals surface area contributed by atoms with E-state index in [1.807, 2.05) is 0 Å². The topological polar surface area (TPSA) is 186 Å². The highest BCUT2D eigenvalue weighted by atomic mass is 16.5. The van der Waals surface area contributed by atoms with Gasteiger partial charge in [0.2, 0.25) is 0 Å². The van der Waals surface area contributed by atoms with Crippen molar-refractivity contribution in [1.29, 1.82) is 0 Å². The van der Waals surface area contributed by atoms with Crippen molar-refractivity contribution in [1.82, 2.24) is 0 Å². The van der Waals surface area contributed by atoms with Crippen LogP contribution in [-0.2, 0) is 0 Å². The molecule has 12 heteroatoms. The fraction of sp³-hybridized carbons (Fsp3) is 0.533. The predicted molar refractivity (Wildman–Crippen MR) is 413 cm³/mol. The molecule has 12 nitrogen and oxygen atoms in total. The van der Waals surface area contributed by atoms with Crippen LogP contribution in [-0.4, -0.2) is 70.7 Å². The normalized spacial score (nSPS) is 10.7. The molecule has 0 spiro atoms. The average molecular weight is 1390 g/mol. The summed E-state index contributed by atoms with van der Waals surface area (Å²) in [6, 6.07) is 22.2. The summed E-state index contributed by atoms with van der Waals surface area (Å²) >= 11 is 0. The van der Waals surface area contributed by atoms with Crippen molar-refractivity contribution in [3.63, 3.8) is 0 Å². The summed E-state index contributed by atoms with van der Waals surface area (Å²) in [7, 11) is 0. The maximum absolute atomic E-state index is 12.6. The fourth-order valence-corrected chi connectivity index (χ4v) is 12.2. The van der Waals surface area contributed by atoms with Gasteiger partial charge in [-0.15, -0.1) is 0 Å². The number of carboxylic acids is 4. The summed E-state index contributed by atoms with van der Waals surface area (Å²) in [5.41, 5.74) is 2.86. The molecule has 0 aliphatic rings. The van der Waals surface area contributed by atoms with Gasteiger partial charge < -0.3 is 39.4 Å².